The molecule has 0 aromatic carbocycles. The highest BCUT2D eigenvalue weighted by Crippen LogP contribution is 2.18. The highest BCUT2D eigenvalue weighted by atomic mass is 16.2. The van der Waals surface area contributed by atoms with Crippen LogP contribution in [0.15, 0.2) is 0 Å². The lowest BCUT2D eigenvalue weighted by molar-refractivity contribution is -0.131. The summed E-state index contributed by atoms with van der Waals surface area (Å²) in [6.45, 7) is 5.39. The van der Waals surface area contributed by atoms with Gasteiger partial charge in [0.05, 0.1) is 6.04 Å². The van der Waals surface area contributed by atoms with E-state index < -0.39 is 5.54 Å². The molecule has 0 spiro atoms. The number of nitrogens with two attached hydrogens (primary N) is 1. The molecule has 1 unspecified atom stereocenters. The number of imide groups is 1. The van der Waals surface area contributed by atoms with Gasteiger partial charge in [0.25, 0.3) is 5.91 Å². The van der Waals surface area contributed by atoms with Crippen molar-refractivity contribution in [2.75, 3.05) is 6.54 Å². The Morgan fingerprint density at radius 1 is 1.54 bits per heavy atom. The predicted molar refractivity (Wildman–Crippen MR) is 48.0 cm³/mol. The van der Waals surface area contributed by atoms with E-state index in [1.165, 1.54) is 4.90 Å². The van der Waals surface area contributed by atoms with Crippen molar-refractivity contribution in [1.29, 1.82) is 0 Å². The normalized spacial score (nSPS) is 23.2. The average molecular weight is 185 g/mol. The third kappa shape index (κ3) is 1.51. The fraction of sp³-hybridized carbons (Fsp3) is 0.750. The first-order valence-corrected chi connectivity index (χ1v) is 4.26. The van der Waals surface area contributed by atoms with Crippen LogP contribution in [0.25, 0.3) is 0 Å². The van der Waals surface area contributed by atoms with Crippen LogP contribution < -0.4 is 11.1 Å². The quantitative estimate of drug-likeness (QED) is 0.578. The molecule has 1 fully saturated rings. The number of hydrogen-bond donors (Lipinski definition) is 2. The molecule has 3 N–H and O–H groups in total. The first-order valence-electron chi connectivity index (χ1n) is 4.26. The van der Waals surface area contributed by atoms with Gasteiger partial charge < -0.3 is 11.1 Å². The largest absolute Gasteiger partial charge is 0.328 e. The van der Waals surface area contributed by atoms with Gasteiger partial charge in [0.2, 0.25) is 0 Å². The molecule has 5 nitrogen and oxygen atoms in total. The Labute approximate surface area is 77.3 Å². The molecule has 0 aromatic heterocycles. The van der Waals surface area contributed by atoms with E-state index in [0.717, 1.165) is 0 Å². The summed E-state index contributed by atoms with van der Waals surface area (Å²) in [6.07, 6.45) is 0. The summed E-state index contributed by atoms with van der Waals surface area (Å²) in [4.78, 5) is 24.1. The van der Waals surface area contributed by atoms with E-state index in [9.17, 15) is 9.59 Å². The van der Waals surface area contributed by atoms with Gasteiger partial charge in [0.1, 0.15) is 5.54 Å². The molecule has 1 aliphatic rings. The molecule has 5 heteroatoms. The molecule has 13 heavy (non-hydrogen) atoms. The zero-order valence-electron chi connectivity index (χ0n) is 8.13. The summed E-state index contributed by atoms with van der Waals surface area (Å²) in [5.41, 5.74) is 4.60. The summed E-state index contributed by atoms with van der Waals surface area (Å²) >= 11 is 0. The molecular weight excluding hydrogens is 170 g/mol. The molecule has 0 bridgehead atoms. The minimum absolute atomic E-state index is 0.213. The van der Waals surface area contributed by atoms with Crippen molar-refractivity contribution >= 4 is 11.9 Å². The van der Waals surface area contributed by atoms with E-state index in [1.54, 1.807) is 20.8 Å². The first-order chi connectivity index (χ1) is 5.90. The maximum Gasteiger partial charge on any atom is 0.325 e. The first kappa shape index (κ1) is 9.98. The molecule has 1 rings (SSSR count). The Morgan fingerprint density at radius 3 is 2.38 bits per heavy atom. The van der Waals surface area contributed by atoms with Gasteiger partial charge in [-0.25, -0.2) is 4.79 Å². The third-order valence-electron chi connectivity index (χ3n) is 2.17. The SMILES string of the molecule is CC(CN)N1C(=O)NC(C)(C)C1=O. The molecule has 0 aromatic rings. The average Bonchev–Trinajstić information content (AvgIpc) is 2.21. The lowest BCUT2D eigenvalue weighted by Crippen LogP contribution is -2.44. The van der Waals surface area contributed by atoms with Crippen molar-refractivity contribution in [2.45, 2.75) is 32.4 Å². The van der Waals surface area contributed by atoms with Crippen molar-refractivity contribution in [3.05, 3.63) is 0 Å². The Balaban J connectivity index is 2.89. The van der Waals surface area contributed by atoms with Crippen LogP contribution in [0, 0.1) is 0 Å². The molecule has 1 heterocycles. The molecule has 74 valence electrons. The number of nitrogens with zero attached hydrogens (tertiary/aromatic N) is 1. The van der Waals surface area contributed by atoms with Crippen molar-refractivity contribution in [3.8, 4) is 0 Å². The van der Waals surface area contributed by atoms with Crippen LogP contribution in [0.3, 0.4) is 0 Å². The minimum atomic E-state index is -0.791. The van der Waals surface area contributed by atoms with Crippen molar-refractivity contribution < 1.29 is 9.59 Å². The molecule has 1 saturated heterocycles. The molecular formula is C8H15N3O2. The maximum absolute atomic E-state index is 11.6. The number of rotatable bonds is 2. The summed E-state index contributed by atoms with van der Waals surface area (Å²) in [7, 11) is 0. The van der Waals surface area contributed by atoms with Gasteiger partial charge in [-0.05, 0) is 20.8 Å². The molecule has 3 amide bonds. The van der Waals surface area contributed by atoms with E-state index in [4.69, 9.17) is 5.73 Å². The third-order valence-corrected chi connectivity index (χ3v) is 2.17. The Hall–Kier alpha value is -1.10. The fourth-order valence-electron chi connectivity index (χ4n) is 1.28. The van der Waals surface area contributed by atoms with Crippen LogP contribution in [0.2, 0.25) is 0 Å². The van der Waals surface area contributed by atoms with E-state index in [1.807, 2.05) is 0 Å². The standard InChI is InChI=1S/C8H15N3O2/c1-5(4-9)11-6(12)8(2,3)10-7(11)13/h5H,4,9H2,1-3H3,(H,10,13). The van der Waals surface area contributed by atoms with Gasteiger partial charge in [0, 0.05) is 6.54 Å². The highest BCUT2D eigenvalue weighted by molar-refractivity contribution is 6.06. The molecule has 0 radical (unpaired) electrons. The number of amides is 3. The zero-order chi connectivity index (χ0) is 10.2. The van der Waals surface area contributed by atoms with Crippen LogP contribution in [0.1, 0.15) is 20.8 Å². The topological polar surface area (TPSA) is 75.4 Å². The minimum Gasteiger partial charge on any atom is -0.328 e. The maximum atomic E-state index is 11.6. The zero-order valence-corrected chi connectivity index (χ0v) is 8.13. The van der Waals surface area contributed by atoms with Gasteiger partial charge in [0.15, 0.2) is 0 Å². The molecule has 0 aliphatic carbocycles. The van der Waals surface area contributed by atoms with E-state index in [2.05, 4.69) is 5.32 Å². The number of hydrogen-bond acceptors (Lipinski definition) is 3. The van der Waals surface area contributed by atoms with E-state index in [0.29, 0.717) is 0 Å². The second kappa shape index (κ2) is 2.99. The Bertz CT molecular complexity index is 250. The second-order valence-corrected chi connectivity index (χ2v) is 3.82. The van der Waals surface area contributed by atoms with Gasteiger partial charge in [-0.15, -0.1) is 0 Å². The predicted octanol–water partition coefficient (Wildman–Crippen LogP) is -0.336. The summed E-state index contributed by atoms with van der Waals surface area (Å²) < 4.78 is 0. The molecule has 1 atom stereocenters. The van der Waals surface area contributed by atoms with Crippen molar-refractivity contribution in [2.24, 2.45) is 5.73 Å². The van der Waals surface area contributed by atoms with E-state index >= 15 is 0 Å². The van der Waals surface area contributed by atoms with Crippen LogP contribution in [0.4, 0.5) is 4.79 Å². The molecule has 0 saturated carbocycles. The number of carbonyl (C=O) groups excluding carboxylic acids is 2. The van der Waals surface area contributed by atoms with Gasteiger partial charge >= 0.3 is 6.03 Å². The number of urea groups is 1. The van der Waals surface area contributed by atoms with Crippen molar-refractivity contribution in [3.63, 3.8) is 0 Å². The summed E-state index contributed by atoms with van der Waals surface area (Å²) in [6, 6.07) is -0.595. The lowest BCUT2D eigenvalue weighted by Gasteiger charge is -2.20. The second-order valence-electron chi connectivity index (χ2n) is 3.82. The van der Waals surface area contributed by atoms with Crippen molar-refractivity contribution in [1.82, 2.24) is 10.2 Å². The summed E-state index contributed by atoms with van der Waals surface area (Å²) in [5.74, 6) is -0.213. The van der Waals surface area contributed by atoms with Crippen LogP contribution in [-0.4, -0.2) is 35.0 Å². The molecule has 1 aliphatic heterocycles. The van der Waals surface area contributed by atoms with Gasteiger partial charge in [-0.1, -0.05) is 0 Å². The van der Waals surface area contributed by atoms with Gasteiger partial charge in [-0.3, -0.25) is 9.69 Å². The smallest absolute Gasteiger partial charge is 0.325 e. The fourth-order valence-corrected chi connectivity index (χ4v) is 1.28. The Morgan fingerprint density at radius 2 is 2.08 bits per heavy atom. The number of nitrogens with one attached hydrogen (secondary N) is 1. The van der Waals surface area contributed by atoms with Crippen LogP contribution >= 0.6 is 0 Å². The van der Waals surface area contributed by atoms with E-state index in [-0.39, 0.29) is 24.5 Å². The Kier molecular flexibility index (Phi) is 2.30. The monoisotopic (exact) mass is 185 g/mol. The highest BCUT2D eigenvalue weighted by Gasteiger charge is 2.45. The van der Waals surface area contributed by atoms with Crippen LogP contribution in [-0.2, 0) is 4.79 Å². The van der Waals surface area contributed by atoms with Gasteiger partial charge in [-0.2, -0.15) is 0 Å². The van der Waals surface area contributed by atoms with Crippen LogP contribution in [0.5, 0.6) is 0 Å². The summed E-state index contributed by atoms with van der Waals surface area (Å²) in [5, 5.41) is 2.59. The lowest BCUT2D eigenvalue weighted by atomic mass is 10.1. The number of carbonyl (C=O) groups is 2.